The van der Waals surface area contributed by atoms with Crippen molar-refractivity contribution >= 4 is 5.91 Å². The second kappa shape index (κ2) is 4.42. The van der Waals surface area contributed by atoms with Crippen LogP contribution in [0.2, 0.25) is 0 Å². The maximum Gasteiger partial charge on any atom is 0.236 e. The standard InChI is InChI=1S/C8H16N2O2/c1-7(12-2)6-10-4-3-9-5-8(10)11/h7,9H,3-6H2,1-2H3. The van der Waals surface area contributed by atoms with E-state index < -0.39 is 0 Å². The molecule has 1 rings (SSSR count). The third-order valence-electron chi connectivity index (χ3n) is 2.07. The molecular weight excluding hydrogens is 156 g/mol. The topological polar surface area (TPSA) is 41.6 Å². The normalized spacial score (nSPS) is 21.2. The maximum atomic E-state index is 11.3. The molecule has 1 aliphatic rings. The molecule has 1 amide bonds. The number of nitrogens with one attached hydrogen (secondary N) is 1. The van der Waals surface area contributed by atoms with Gasteiger partial charge in [0, 0.05) is 26.7 Å². The number of amides is 1. The molecule has 0 spiro atoms. The minimum absolute atomic E-state index is 0.132. The van der Waals surface area contributed by atoms with Gasteiger partial charge >= 0.3 is 0 Å². The summed E-state index contributed by atoms with van der Waals surface area (Å²) in [5.74, 6) is 0.171. The Bertz CT molecular complexity index is 161. The van der Waals surface area contributed by atoms with Crippen LogP contribution in [0.5, 0.6) is 0 Å². The lowest BCUT2D eigenvalue weighted by Crippen LogP contribution is -2.50. The summed E-state index contributed by atoms with van der Waals surface area (Å²) in [4.78, 5) is 13.1. The Hall–Kier alpha value is -0.610. The largest absolute Gasteiger partial charge is 0.380 e. The lowest BCUT2D eigenvalue weighted by Gasteiger charge is -2.29. The van der Waals surface area contributed by atoms with Gasteiger partial charge in [0.1, 0.15) is 0 Å². The van der Waals surface area contributed by atoms with E-state index in [9.17, 15) is 4.79 Å². The van der Waals surface area contributed by atoms with Gasteiger partial charge in [-0.25, -0.2) is 0 Å². The zero-order chi connectivity index (χ0) is 8.97. The van der Waals surface area contributed by atoms with E-state index in [1.54, 1.807) is 7.11 Å². The molecule has 1 N–H and O–H groups in total. The number of carbonyl (C=O) groups is 1. The van der Waals surface area contributed by atoms with E-state index in [0.29, 0.717) is 13.1 Å². The highest BCUT2D eigenvalue weighted by Crippen LogP contribution is 1.98. The Balaban J connectivity index is 2.34. The fourth-order valence-electron chi connectivity index (χ4n) is 1.22. The Morgan fingerprint density at radius 1 is 1.75 bits per heavy atom. The summed E-state index contributed by atoms with van der Waals surface area (Å²) in [5.41, 5.74) is 0. The number of piperazine rings is 1. The van der Waals surface area contributed by atoms with Crippen molar-refractivity contribution in [2.75, 3.05) is 33.3 Å². The van der Waals surface area contributed by atoms with Gasteiger partial charge in [0.25, 0.3) is 0 Å². The molecule has 1 heterocycles. The Labute approximate surface area is 72.9 Å². The van der Waals surface area contributed by atoms with Gasteiger partial charge in [0.15, 0.2) is 0 Å². The summed E-state index contributed by atoms with van der Waals surface area (Å²) in [7, 11) is 1.66. The molecular formula is C8H16N2O2. The van der Waals surface area contributed by atoms with Crippen molar-refractivity contribution < 1.29 is 9.53 Å². The van der Waals surface area contributed by atoms with Crippen LogP contribution in [0, 0.1) is 0 Å². The quantitative estimate of drug-likeness (QED) is 0.621. The first-order valence-electron chi connectivity index (χ1n) is 4.25. The molecule has 0 aromatic rings. The van der Waals surface area contributed by atoms with Crippen LogP contribution in [-0.4, -0.2) is 50.2 Å². The van der Waals surface area contributed by atoms with E-state index in [1.165, 1.54) is 0 Å². The van der Waals surface area contributed by atoms with Crippen LogP contribution in [-0.2, 0) is 9.53 Å². The third kappa shape index (κ3) is 2.46. The van der Waals surface area contributed by atoms with Gasteiger partial charge in [-0.15, -0.1) is 0 Å². The fraction of sp³-hybridized carbons (Fsp3) is 0.875. The van der Waals surface area contributed by atoms with Crippen LogP contribution >= 0.6 is 0 Å². The number of carbonyl (C=O) groups excluding carboxylic acids is 1. The average molecular weight is 172 g/mol. The van der Waals surface area contributed by atoms with Crippen LogP contribution in [0.1, 0.15) is 6.92 Å². The predicted molar refractivity (Wildman–Crippen MR) is 45.9 cm³/mol. The molecule has 1 fully saturated rings. The number of hydrogen-bond acceptors (Lipinski definition) is 3. The van der Waals surface area contributed by atoms with Gasteiger partial charge in [-0.3, -0.25) is 4.79 Å². The number of rotatable bonds is 3. The molecule has 0 bridgehead atoms. The molecule has 0 saturated carbocycles. The lowest BCUT2D eigenvalue weighted by atomic mass is 10.3. The summed E-state index contributed by atoms with van der Waals surface area (Å²) in [6, 6.07) is 0. The zero-order valence-corrected chi connectivity index (χ0v) is 7.67. The van der Waals surface area contributed by atoms with Crippen LogP contribution in [0.25, 0.3) is 0 Å². The van der Waals surface area contributed by atoms with E-state index >= 15 is 0 Å². The molecule has 4 nitrogen and oxygen atoms in total. The van der Waals surface area contributed by atoms with E-state index in [1.807, 2.05) is 11.8 Å². The monoisotopic (exact) mass is 172 g/mol. The van der Waals surface area contributed by atoms with Gasteiger partial charge in [-0.2, -0.15) is 0 Å². The highest BCUT2D eigenvalue weighted by molar-refractivity contribution is 5.78. The van der Waals surface area contributed by atoms with Crippen molar-refractivity contribution in [1.82, 2.24) is 10.2 Å². The molecule has 1 aliphatic heterocycles. The van der Waals surface area contributed by atoms with E-state index in [-0.39, 0.29) is 12.0 Å². The van der Waals surface area contributed by atoms with Crippen molar-refractivity contribution in [1.29, 1.82) is 0 Å². The molecule has 0 aromatic carbocycles. The summed E-state index contributed by atoms with van der Waals surface area (Å²) < 4.78 is 5.09. The average Bonchev–Trinajstić information content (AvgIpc) is 2.09. The van der Waals surface area contributed by atoms with Crippen LogP contribution in [0.4, 0.5) is 0 Å². The zero-order valence-electron chi connectivity index (χ0n) is 7.67. The summed E-state index contributed by atoms with van der Waals surface area (Å²) in [6.07, 6.45) is 0.132. The van der Waals surface area contributed by atoms with Crippen LogP contribution in [0.3, 0.4) is 0 Å². The van der Waals surface area contributed by atoms with Crippen LogP contribution in [0.15, 0.2) is 0 Å². The van der Waals surface area contributed by atoms with E-state index in [2.05, 4.69) is 5.32 Å². The first kappa shape index (κ1) is 9.48. The van der Waals surface area contributed by atoms with Crippen molar-refractivity contribution in [2.24, 2.45) is 0 Å². The van der Waals surface area contributed by atoms with E-state index in [4.69, 9.17) is 4.74 Å². The molecule has 1 unspecified atom stereocenters. The molecule has 1 atom stereocenters. The maximum absolute atomic E-state index is 11.3. The minimum Gasteiger partial charge on any atom is -0.380 e. The second-order valence-electron chi connectivity index (χ2n) is 3.06. The molecule has 0 radical (unpaired) electrons. The fourth-order valence-corrected chi connectivity index (χ4v) is 1.22. The van der Waals surface area contributed by atoms with Gasteiger partial charge in [0.05, 0.1) is 12.6 Å². The van der Waals surface area contributed by atoms with Gasteiger partial charge in [-0.1, -0.05) is 0 Å². The first-order chi connectivity index (χ1) is 5.74. The molecule has 70 valence electrons. The highest BCUT2D eigenvalue weighted by atomic mass is 16.5. The number of nitrogens with zero attached hydrogens (tertiary/aromatic N) is 1. The van der Waals surface area contributed by atoms with Crippen LogP contribution < -0.4 is 5.32 Å². The van der Waals surface area contributed by atoms with Crippen molar-refractivity contribution in [3.05, 3.63) is 0 Å². The predicted octanol–water partition coefficient (Wildman–Crippen LogP) is -0.547. The molecule has 0 aliphatic carbocycles. The lowest BCUT2D eigenvalue weighted by molar-refractivity contribution is -0.133. The minimum atomic E-state index is 0.132. The summed E-state index contributed by atoms with van der Waals surface area (Å²) >= 11 is 0. The Morgan fingerprint density at radius 2 is 2.50 bits per heavy atom. The Kier molecular flexibility index (Phi) is 3.49. The summed E-state index contributed by atoms with van der Waals surface area (Å²) in [6.45, 7) is 4.83. The molecule has 0 aromatic heterocycles. The second-order valence-corrected chi connectivity index (χ2v) is 3.06. The SMILES string of the molecule is COC(C)CN1CCNCC1=O. The van der Waals surface area contributed by atoms with Gasteiger partial charge in [-0.05, 0) is 6.92 Å². The highest BCUT2D eigenvalue weighted by Gasteiger charge is 2.18. The van der Waals surface area contributed by atoms with Gasteiger partial charge < -0.3 is 15.0 Å². The number of ether oxygens (including phenoxy) is 1. The Morgan fingerprint density at radius 3 is 3.08 bits per heavy atom. The van der Waals surface area contributed by atoms with Crippen molar-refractivity contribution in [3.63, 3.8) is 0 Å². The van der Waals surface area contributed by atoms with E-state index in [0.717, 1.165) is 13.1 Å². The molecule has 12 heavy (non-hydrogen) atoms. The van der Waals surface area contributed by atoms with Crippen molar-refractivity contribution in [3.8, 4) is 0 Å². The third-order valence-corrected chi connectivity index (χ3v) is 2.07. The first-order valence-corrected chi connectivity index (χ1v) is 4.25. The number of hydrogen-bond donors (Lipinski definition) is 1. The molecule has 4 heteroatoms. The van der Waals surface area contributed by atoms with Crippen molar-refractivity contribution in [2.45, 2.75) is 13.0 Å². The molecule has 1 saturated heterocycles. The summed E-state index contributed by atoms with van der Waals surface area (Å²) in [5, 5.41) is 3.02. The number of methoxy groups -OCH3 is 1. The smallest absolute Gasteiger partial charge is 0.236 e. The van der Waals surface area contributed by atoms with Gasteiger partial charge in [0.2, 0.25) is 5.91 Å².